The zero-order chi connectivity index (χ0) is 17.5. The van der Waals surface area contributed by atoms with Gasteiger partial charge in [-0.25, -0.2) is 5.43 Å². The third-order valence-corrected chi connectivity index (χ3v) is 4.03. The Hall–Kier alpha value is -1.86. The number of halogens is 2. The number of ether oxygens (including phenoxy) is 1. The SMILES string of the molecule is CCOc1cc(Br)cc(/C=N\NC(=O)Cc2ccc(Br)cc2)c1O. The van der Waals surface area contributed by atoms with Crippen molar-refractivity contribution in [3.63, 3.8) is 0 Å². The first-order chi connectivity index (χ1) is 11.5. The van der Waals surface area contributed by atoms with E-state index in [0.29, 0.717) is 17.9 Å². The van der Waals surface area contributed by atoms with Crippen LogP contribution in [0.3, 0.4) is 0 Å². The molecule has 0 bridgehead atoms. The van der Waals surface area contributed by atoms with E-state index in [-0.39, 0.29) is 18.1 Å². The van der Waals surface area contributed by atoms with Crippen LogP contribution in [0.15, 0.2) is 50.4 Å². The molecular weight excluding hydrogens is 440 g/mol. The number of hydrazone groups is 1. The van der Waals surface area contributed by atoms with Crippen molar-refractivity contribution in [1.29, 1.82) is 0 Å². The van der Waals surface area contributed by atoms with Gasteiger partial charge in [-0.05, 0) is 36.8 Å². The van der Waals surface area contributed by atoms with Gasteiger partial charge in [-0.15, -0.1) is 0 Å². The summed E-state index contributed by atoms with van der Waals surface area (Å²) in [4.78, 5) is 11.9. The number of amides is 1. The van der Waals surface area contributed by atoms with Gasteiger partial charge >= 0.3 is 0 Å². The molecule has 0 fully saturated rings. The smallest absolute Gasteiger partial charge is 0.244 e. The van der Waals surface area contributed by atoms with Gasteiger partial charge in [0.15, 0.2) is 11.5 Å². The molecule has 0 saturated heterocycles. The Kier molecular flexibility index (Phi) is 6.81. The second kappa shape index (κ2) is 8.84. The van der Waals surface area contributed by atoms with Crippen molar-refractivity contribution in [3.8, 4) is 11.5 Å². The van der Waals surface area contributed by atoms with Crippen LogP contribution in [0.5, 0.6) is 11.5 Å². The molecule has 24 heavy (non-hydrogen) atoms. The highest BCUT2D eigenvalue weighted by Crippen LogP contribution is 2.32. The molecule has 0 heterocycles. The minimum Gasteiger partial charge on any atom is -0.504 e. The fourth-order valence-electron chi connectivity index (χ4n) is 1.96. The maximum atomic E-state index is 11.9. The topological polar surface area (TPSA) is 70.9 Å². The quantitative estimate of drug-likeness (QED) is 0.510. The van der Waals surface area contributed by atoms with Crippen LogP contribution in [-0.2, 0) is 11.2 Å². The van der Waals surface area contributed by atoms with Crippen LogP contribution in [0.25, 0.3) is 0 Å². The second-order valence-electron chi connectivity index (χ2n) is 4.87. The van der Waals surface area contributed by atoms with Crippen molar-refractivity contribution in [2.24, 2.45) is 5.10 Å². The van der Waals surface area contributed by atoms with E-state index in [9.17, 15) is 9.90 Å². The average Bonchev–Trinajstić information content (AvgIpc) is 2.54. The number of carbonyl (C=O) groups excluding carboxylic acids is 1. The molecule has 0 aliphatic rings. The fourth-order valence-corrected chi connectivity index (χ4v) is 2.68. The Morgan fingerprint density at radius 1 is 1.25 bits per heavy atom. The van der Waals surface area contributed by atoms with Gasteiger partial charge in [0.05, 0.1) is 19.2 Å². The van der Waals surface area contributed by atoms with Crippen molar-refractivity contribution < 1.29 is 14.6 Å². The number of nitrogens with zero attached hydrogens (tertiary/aromatic N) is 1. The molecule has 0 radical (unpaired) electrons. The number of rotatable bonds is 6. The molecule has 7 heteroatoms. The largest absolute Gasteiger partial charge is 0.504 e. The third kappa shape index (κ3) is 5.35. The lowest BCUT2D eigenvalue weighted by atomic mass is 10.1. The molecule has 0 atom stereocenters. The average molecular weight is 456 g/mol. The monoisotopic (exact) mass is 454 g/mol. The second-order valence-corrected chi connectivity index (χ2v) is 6.70. The highest BCUT2D eigenvalue weighted by Gasteiger charge is 2.09. The maximum absolute atomic E-state index is 11.9. The summed E-state index contributed by atoms with van der Waals surface area (Å²) in [5, 5.41) is 14.0. The van der Waals surface area contributed by atoms with Crippen molar-refractivity contribution in [2.75, 3.05) is 6.61 Å². The Balaban J connectivity index is 2.00. The summed E-state index contributed by atoms with van der Waals surface area (Å²) in [5.74, 6) is 0.0913. The summed E-state index contributed by atoms with van der Waals surface area (Å²) >= 11 is 6.69. The zero-order valence-corrected chi connectivity index (χ0v) is 16.1. The van der Waals surface area contributed by atoms with Crippen LogP contribution in [0, 0.1) is 0 Å². The predicted octanol–water partition coefficient (Wildman–Crippen LogP) is 4.01. The highest BCUT2D eigenvalue weighted by molar-refractivity contribution is 9.10. The summed E-state index contributed by atoms with van der Waals surface area (Å²) in [6.07, 6.45) is 1.60. The van der Waals surface area contributed by atoms with Gasteiger partial charge < -0.3 is 9.84 Å². The number of benzene rings is 2. The molecule has 0 saturated carbocycles. The Labute approximate surface area is 157 Å². The van der Waals surface area contributed by atoms with E-state index < -0.39 is 0 Å². The number of nitrogens with one attached hydrogen (secondary N) is 1. The lowest BCUT2D eigenvalue weighted by Crippen LogP contribution is -2.19. The number of phenols is 1. The molecule has 0 unspecified atom stereocenters. The van der Waals surface area contributed by atoms with E-state index in [1.165, 1.54) is 6.21 Å². The van der Waals surface area contributed by atoms with E-state index in [0.717, 1.165) is 14.5 Å². The molecule has 1 amide bonds. The maximum Gasteiger partial charge on any atom is 0.244 e. The van der Waals surface area contributed by atoms with Crippen molar-refractivity contribution in [2.45, 2.75) is 13.3 Å². The molecule has 2 aromatic carbocycles. The summed E-state index contributed by atoms with van der Waals surface area (Å²) in [7, 11) is 0. The normalized spacial score (nSPS) is 10.8. The Morgan fingerprint density at radius 3 is 2.62 bits per heavy atom. The lowest BCUT2D eigenvalue weighted by molar-refractivity contribution is -0.120. The molecule has 2 N–H and O–H groups in total. The number of hydrogen-bond acceptors (Lipinski definition) is 4. The molecule has 0 aliphatic heterocycles. The minimum absolute atomic E-state index is 0.0223. The van der Waals surface area contributed by atoms with Gasteiger partial charge in [-0.1, -0.05) is 44.0 Å². The zero-order valence-electron chi connectivity index (χ0n) is 12.9. The van der Waals surface area contributed by atoms with Gasteiger partial charge in [0, 0.05) is 14.5 Å². The van der Waals surface area contributed by atoms with Gasteiger partial charge in [-0.3, -0.25) is 4.79 Å². The molecule has 5 nitrogen and oxygen atoms in total. The molecule has 2 rings (SSSR count). The number of phenolic OH excluding ortho intramolecular Hbond substituents is 1. The Morgan fingerprint density at radius 2 is 1.96 bits per heavy atom. The summed E-state index contributed by atoms with van der Waals surface area (Å²) in [6.45, 7) is 2.26. The molecule has 0 spiro atoms. The van der Waals surface area contributed by atoms with Gasteiger partial charge in [0.25, 0.3) is 0 Å². The van der Waals surface area contributed by atoms with Gasteiger partial charge in [0.1, 0.15) is 0 Å². The number of carbonyl (C=O) groups is 1. The van der Waals surface area contributed by atoms with E-state index in [4.69, 9.17) is 4.74 Å². The van der Waals surface area contributed by atoms with Crippen LogP contribution in [-0.4, -0.2) is 23.8 Å². The van der Waals surface area contributed by atoms with E-state index >= 15 is 0 Å². The highest BCUT2D eigenvalue weighted by atomic mass is 79.9. The number of hydrogen-bond donors (Lipinski definition) is 2. The predicted molar refractivity (Wildman–Crippen MR) is 101 cm³/mol. The van der Waals surface area contributed by atoms with Gasteiger partial charge in [-0.2, -0.15) is 5.10 Å². The fraction of sp³-hybridized carbons (Fsp3) is 0.176. The van der Waals surface area contributed by atoms with Crippen LogP contribution in [0.2, 0.25) is 0 Å². The first-order valence-corrected chi connectivity index (χ1v) is 8.80. The van der Waals surface area contributed by atoms with E-state index in [2.05, 4.69) is 42.4 Å². The van der Waals surface area contributed by atoms with Crippen LogP contribution < -0.4 is 10.2 Å². The van der Waals surface area contributed by atoms with Gasteiger partial charge in [0.2, 0.25) is 5.91 Å². The molecule has 0 aliphatic carbocycles. The standard InChI is InChI=1S/C17H16Br2N2O3/c1-2-24-15-9-14(19)8-12(17(15)23)10-20-21-16(22)7-11-3-5-13(18)6-4-11/h3-6,8-10,23H,2,7H2,1H3,(H,21,22)/b20-10-. The minimum atomic E-state index is -0.243. The number of aromatic hydroxyl groups is 1. The lowest BCUT2D eigenvalue weighted by Gasteiger charge is -2.08. The van der Waals surface area contributed by atoms with Crippen molar-refractivity contribution >= 4 is 44.0 Å². The van der Waals surface area contributed by atoms with Crippen molar-refractivity contribution in [3.05, 3.63) is 56.5 Å². The molecule has 2 aromatic rings. The summed E-state index contributed by atoms with van der Waals surface area (Å²) < 4.78 is 7.04. The Bertz CT molecular complexity index is 746. The van der Waals surface area contributed by atoms with Crippen LogP contribution >= 0.6 is 31.9 Å². The molecular formula is C17H16Br2N2O3. The summed E-state index contributed by atoms with van der Waals surface area (Å²) in [5.41, 5.74) is 3.77. The molecule has 0 aromatic heterocycles. The van der Waals surface area contributed by atoms with Crippen molar-refractivity contribution in [1.82, 2.24) is 5.43 Å². The van der Waals surface area contributed by atoms with E-state index in [1.54, 1.807) is 12.1 Å². The molecule has 126 valence electrons. The van der Waals surface area contributed by atoms with Crippen LogP contribution in [0.1, 0.15) is 18.1 Å². The first-order valence-electron chi connectivity index (χ1n) is 7.21. The first kappa shape index (κ1) is 18.5. The summed E-state index contributed by atoms with van der Waals surface area (Å²) in [6, 6.07) is 10.8. The van der Waals surface area contributed by atoms with E-state index in [1.807, 2.05) is 31.2 Å². The van der Waals surface area contributed by atoms with Crippen LogP contribution in [0.4, 0.5) is 0 Å². The third-order valence-electron chi connectivity index (χ3n) is 3.04.